The van der Waals surface area contributed by atoms with Crippen LogP contribution in [0.25, 0.3) is 0 Å². The Morgan fingerprint density at radius 3 is 2.59 bits per heavy atom. The number of sulfone groups is 1. The molecular weight excluding hydrogens is 304 g/mol. The number of nitrogens with zero attached hydrogens (tertiary/aromatic N) is 2. The van der Waals surface area contributed by atoms with Crippen molar-refractivity contribution in [3.63, 3.8) is 0 Å². The van der Waals surface area contributed by atoms with Gasteiger partial charge in [-0.1, -0.05) is 0 Å². The predicted octanol–water partition coefficient (Wildman–Crippen LogP) is 1.17. The van der Waals surface area contributed by atoms with Gasteiger partial charge in [0.25, 0.3) is 0 Å². The number of oxazole rings is 1. The highest BCUT2D eigenvalue weighted by Crippen LogP contribution is 2.08. The fourth-order valence-corrected chi connectivity index (χ4v) is 2.55. The Bertz CT molecular complexity index is 588. The third kappa shape index (κ3) is 6.93. The van der Waals surface area contributed by atoms with Gasteiger partial charge in [0.15, 0.2) is 5.96 Å². The lowest BCUT2D eigenvalue weighted by Gasteiger charge is -2.17. The van der Waals surface area contributed by atoms with Gasteiger partial charge in [0, 0.05) is 18.8 Å². The van der Waals surface area contributed by atoms with Crippen molar-refractivity contribution >= 4 is 15.8 Å². The van der Waals surface area contributed by atoms with E-state index in [0.29, 0.717) is 31.4 Å². The summed E-state index contributed by atoms with van der Waals surface area (Å²) in [5, 5.41) is 6.31. The van der Waals surface area contributed by atoms with E-state index >= 15 is 0 Å². The van der Waals surface area contributed by atoms with Crippen LogP contribution in [0.1, 0.15) is 37.6 Å². The molecule has 0 radical (unpaired) electrons. The molecule has 0 aliphatic heterocycles. The van der Waals surface area contributed by atoms with E-state index in [1.807, 2.05) is 27.7 Å². The zero-order valence-corrected chi connectivity index (χ0v) is 14.7. The quantitative estimate of drug-likeness (QED) is 0.575. The Balaban J connectivity index is 2.61. The molecule has 2 N–H and O–H groups in total. The highest BCUT2D eigenvalue weighted by atomic mass is 32.2. The number of hydrogen-bond donors (Lipinski definition) is 2. The summed E-state index contributed by atoms with van der Waals surface area (Å²) in [6, 6.07) is 0.000516. The summed E-state index contributed by atoms with van der Waals surface area (Å²) < 4.78 is 27.9. The molecule has 1 atom stereocenters. The van der Waals surface area contributed by atoms with E-state index in [1.54, 1.807) is 0 Å². The van der Waals surface area contributed by atoms with Crippen molar-refractivity contribution < 1.29 is 12.8 Å². The molecule has 1 unspecified atom stereocenters. The Morgan fingerprint density at radius 1 is 1.41 bits per heavy atom. The Morgan fingerprint density at radius 2 is 2.09 bits per heavy atom. The second-order valence-corrected chi connectivity index (χ2v) is 7.67. The zero-order chi connectivity index (χ0) is 16.8. The van der Waals surface area contributed by atoms with Gasteiger partial charge in [0.1, 0.15) is 22.1 Å². The van der Waals surface area contributed by atoms with Gasteiger partial charge in [-0.3, -0.25) is 0 Å². The molecule has 0 amide bonds. The number of nitrogens with one attached hydrogen (secondary N) is 2. The maximum Gasteiger partial charge on any atom is 0.216 e. The van der Waals surface area contributed by atoms with E-state index in [-0.39, 0.29) is 11.8 Å². The number of guanidine groups is 1. The Hall–Kier alpha value is -1.57. The largest absolute Gasteiger partial charge is 0.444 e. The van der Waals surface area contributed by atoms with Crippen molar-refractivity contribution in [2.45, 2.75) is 46.7 Å². The van der Waals surface area contributed by atoms with Crippen LogP contribution in [-0.4, -0.2) is 44.0 Å². The summed E-state index contributed by atoms with van der Waals surface area (Å²) in [6.45, 7) is 8.71. The highest BCUT2D eigenvalue weighted by Gasteiger charge is 2.10. The molecule has 0 saturated carbocycles. The molecule has 22 heavy (non-hydrogen) atoms. The molecule has 8 heteroatoms. The summed E-state index contributed by atoms with van der Waals surface area (Å²) in [6.07, 6.45) is 1.77. The number of aliphatic imine (C=N–C) groups is 1. The minimum absolute atomic E-state index is 0.000516. The molecule has 0 aliphatic rings. The van der Waals surface area contributed by atoms with Crippen LogP contribution in [0.2, 0.25) is 0 Å². The molecule has 0 aromatic carbocycles. The predicted molar refractivity (Wildman–Crippen MR) is 87.7 cm³/mol. The van der Waals surface area contributed by atoms with Crippen LogP contribution in [0.15, 0.2) is 9.41 Å². The maximum absolute atomic E-state index is 11.2. The molecule has 1 heterocycles. The van der Waals surface area contributed by atoms with Gasteiger partial charge in [-0.2, -0.15) is 0 Å². The molecule has 0 saturated heterocycles. The van der Waals surface area contributed by atoms with Crippen LogP contribution >= 0.6 is 0 Å². The summed E-state index contributed by atoms with van der Waals surface area (Å²) >= 11 is 0. The molecule has 0 bridgehead atoms. The van der Waals surface area contributed by atoms with Crippen LogP contribution in [0.5, 0.6) is 0 Å². The fraction of sp³-hybridized carbons (Fsp3) is 0.714. The van der Waals surface area contributed by atoms with Gasteiger partial charge in [-0.15, -0.1) is 0 Å². The summed E-state index contributed by atoms with van der Waals surface area (Å²) in [4.78, 5) is 8.69. The van der Waals surface area contributed by atoms with Crippen LogP contribution < -0.4 is 10.6 Å². The van der Waals surface area contributed by atoms with Crippen molar-refractivity contribution in [2.75, 3.05) is 18.6 Å². The van der Waals surface area contributed by atoms with Gasteiger partial charge < -0.3 is 15.1 Å². The summed E-state index contributed by atoms with van der Waals surface area (Å²) in [5.41, 5.74) is 0.865. The van der Waals surface area contributed by atoms with Crippen LogP contribution in [0.3, 0.4) is 0 Å². The van der Waals surface area contributed by atoms with E-state index in [0.717, 1.165) is 11.5 Å². The standard InChI is InChI=1S/C14H26N4O3S/c1-6-15-14(17-10(2)7-8-22(5,19)20)16-9-13-18-11(3)12(4)21-13/h10H,6-9H2,1-5H3,(H2,15,16,17). The minimum Gasteiger partial charge on any atom is -0.444 e. The van der Waals surface area contributed by atoms with Gasteiger partial charge >= 0.3 is 0 Å². The van der Waals surface area contributed by atoms with E-state index in [1.165, 1.54) is 6.26 Å². The monoisotopic (exact) mass is 330 g/mol. The number of rotatable bonds is 7. The second-order valence-electron chi connectivity index (χ2n) is 5.41. The van der Waals surface area contributed by atoms with Gasteiger partial charge in [-0.25, -0.2) is 18.4 Å². The number of aryl methyl sites for hydroxylation is 2. The van der Waals surface area contributed by atoms with Crippen LogP contribution in [0, 0.1) is 13.8 Å². The average molecular weight is 330 g/mol. The molecule has 7 nitrogen and oxygen atoms in total. The van der Waals surface area contributed by atoms with Crippen molar-refractivity contribution in [3.8, 4) is 0 Å². The number of aromatic nitrogens is 1. The first-order chi connectivity index (χ1) is 10.2. The summed E-state index contributed by atoms with van der Waals surface area (Å²) in [5.74, 6) is 2.14. The van der Waals surface area contributed by atoms with Gasteiger partial charge in [0.2, 0.25) is 5.89 Å². The van der Waals surface area contributed by atoms with E-state index in [2.05, 4.69) is 20.6 Å². The van der Waals surface area contributed by atoms with Crippen molar-refractivity contribution in [1.29, 1.82) is 0 Å². The fourth-order valence-electron chi connectivity index (χ4n) is 1.77. The van der Waals surface area contributed by atoms with Crippen LogP contribution in [0.4, 0.5) is 0 Å². The Labute approximate surface area is 132 Å². The minimum atomic E-state index is -2.95. The lowest BCUT2D eigenvalue weighted by atomic mass is 10.3. The average Bonchev–Trinajstić information content (AvgIpc) is 2.72. The van der Waals surface area contributed by atoms with Crippen LogP contribution in [-0.2, 0) is 16.4 Å². The lowest BCUT2D eigenvalue weighted by Crippen LogP contribution is -2.42. The third-order valence-corrected chi connectivity index (χ3v) is 4.07. The van der Waals surface area contributed by atoms with E-state index in [9.17, 15) is 8.42 Å². The molecule has 1 aromatic rings. The molecule has 1 rings (SSSR count). The van der Waals surface area contributed by atoms with E-state index < -0.39 is 9.84 Å². The summed E-state index contributed by atoms with van der Waals surface area (Å²) in [7, 11) is -2.95. The number of hydrogen-bond acceptors (Lipinski definition) is 5. The second kappa shape index (κ2) is 8.17. The normalized spacial score (nSPS) is 14.0. The highest BCUT2D eigenvalue weighted by molar-refractivity contribution is 7.90. The SMILES string of the molecule is CCNC(=NCc1nc(C)c(C)o1)NC(C)CCS(C)(=O)=O. The third-order valence-electron chi connectivity index (χ3n) is 3.09. The molecule has 126 valence electrons. The van der Waals surface area contributed by atoms with Crippen molar-refractivity contribution in [3.05, 3.63) is 17.3 Å². The van der Waals surface area contributed by atoms with Gasteiger partial charge in [0.05, 0.1) is 11.4 Å². The Kier molecular flexibility index (Phi) is 6.86. The first-order valence-electron chi connectivity index (χ1n) is 7.36. The molecule has 0 spiro atoms. The molecular formula is C14H26N4O3S. The smallest absolute Gasteiger partial charge is 0.216 e. The molecule has 1 aromatic heterocycles. The first kappa shape index (κ1) is 18.5. The van der Waals surface area contributed by atoms with E-state index in [4.69, 9.17) is 4.42 Å². The topological polar surface area (TPSA) is 96.6 Å². The molecule has 0 fully saturated rings. The zero-order valence-electron chi connectivity index (χ0n) is 13.9. The maximum atomic E-state index is 11.2. The van der Waals surface area contributed by atoms with Crippen molar-refractivity contribution in [1.82, 2.24) is 15.6 Å². The lowest BCUT2D eigenvalue weighted by molar-refractivity contribution is 0.472. The van der Waals surface area contributed by atoms with Crippen molar-refractivity contribution in [2.24, 2.45) is 4.99 Å². The van der Waals surface area contributed by atoms with Gasteiger partial charge in [-0.05, 0) is 34.1 Å². The molecule has 0 aliphatic carbocycles. The first-order valence-corrected chi connectivity index (χ1v) is 9.42.